The number of hydrogen-bond donors (Lipinski definition) is 0. The summed E-state index contributed by atoms with van der Waals surface area (Å²) in [7, 11) is 0. The van der Waals surface area contributed by atoms with Gasteiger partial charge in [0.1, 0.15) is 11.2 Å². The maximum absolute atomic E-state index is 6.25. The maximum atomic E-state index is 6.25. The molecule has 234 valence electrons. The molecule has 4 heteroatoms. The number of aromatic nitrogens is 2. The van der Waals surface area contributed by atoms with Crippen LogP contribution in [0.15, 0.2) is 174 Å². The van der Waals surface area contributed by atoms with Crippen LogP contribution in [0.25, 0.3) is 98.3 Å². The van der Waals surface area contributed by atoms with E-state index < -0.39 is 0 Å². The minimum atomic E-state index is 0.658. The summed E-state index contributed by atoms with van der Waals surface area (Å²) < 4.78 is 8.87. The molecule has 0 unspecified atom stereocenters. The predicted octanol–water partition coefficient (Wildman–Crippen LogP) is 13.1. The quantitative estimate of drug-likeness (QED) is 0.185. The van der Waals surface area contributed by atoms with Crippen molar-refractivity contribution in [1.82, 2.24) is 9.97 Å². The molecule has 0 N–H and O–H groups in total. The Bertz CT molecular complexity index is 2850. The smallest absolute Gasteiger partial charge is 0.160 e. The van der Waals surface area contributed by atoms with Crippen molar-refractivity contribution >= 4 is 53.4 Å². The van der Waals surface area contributed by atoms with Crippen molar-refractivity contribution in [2.24, 2.45) is 0 Å². The topological polar surface area (TPSA) is 38.9 Å². The van der Waals surface area contributed by atoms with Crippen LogP contribution in [0.3, 0.4) is 0 Å². The maximum Gasteiger partial charge on any atom is 0.160 e. The second kappa shape index (κ2) is 11.7. The molecule has 0 aliphatic heterocycles. The van der Waals surface area contributed by atoms with Crippen molar-refractivity contribution in [1.29, 1.82) is 0 Å². The first-order valence-electron chi connectivity index (χ1n) is 16.7. The van der Waals surface area contributed by atoms with E-state index in [0.29, 0.717) is 5.82 Å². The molecule has 3 nitrogen and oxygen atoms in total. The molecule has 3 heterocycles. The van der Waals surface area contributed by atoms with Gasteiger partial charge in [-0.1, -0.05) is 140 Å². The molecule has 7 aromatic carbocycles. The van der Waals surface area contributed by atoms with Gasteiger partial charge in [-0.05, 0) is 52.6 Å². The fraction of sp³-hybridized carbons (Fsp3) is 0. The molecule has 0 amide bonds. The second-order valence-corrected chi connectivity index (χ2v) is 13.6. The third-order valence-electron chi connectivity index (χ3n) is 9.55. The van der Waals surface area contributed by atoms with E-state index in [1.165, 1.54) is 42.4 Å². The third-order valence-corrected chi connectivity index (χ3v) is 10.8. The monoisotopic (exact) mass is 656 g/mol. The van der Waals surface area contributed by atoms with Crippen LogP contribution in [0.2, 0.25) is 0 Å². The van der Waals surface area contributed by atoms with E-state index >= 15 is 0 Å². The standard InChI is InChI=1S/C46H28N2OS/c1-2-9-29(10-3-1)30-17-21-32(22-18-30)40-28-41(48-46(47-40)34-25-26-37-36-11-4-6-15-42(36)49-43(37)27-34)33-23-19-31(20-24-33)35-13-8-14-39-38-12-5-7-16-44(38)50-45(35)39/h1-28H. The first-order valence-corrected chi connectivity index (χ1v) is 17.5. The Morgan fingerprint density at radius 1 is 0.380 bits per heavy atom. The lowest BCUT2D eigenvalue weighted by Crippen LogP contribution is -1.96. The normalized spacial score (nSPS) is 11.6. The minimum Gasteiger partial charge on any atom is -0.456 e. The van der Waals surface area contributed by atoms with E-state index in [0.717, 1.165) is 50.0 Å². The van der Waals surface area contributed by atoms with Gasteiger partial charge in [0.25, 0.3) is 0 Å². The lowest BCUT2D eigenvalue weighted by atomic mass is 9.99. The number of para-hydroxylation sites is 1. The van der Waals surface area contributed by atoms with Crippen LogP contribution in [0.4, 0.5) is 0 Å². The lowest BCUT2D eigenvalue weighted by molar-refractivity contribution is 0.669. The molecule has 50 heavy (non-hydrogen) atoms. The zero-order valence-electron chi connectivity index (χ0n) is 26.9. The number of thiophene rings is 1. The van der Waals surface area contributed by atoms with Crippen molar-refractivity contribution in [3.05, 3.63) is 170 Å². The van der Waals surface area contributed by atoms with Crippen molar-refractivity contribution in [3.8, 4) is 56.2 Å². The Kier molecular flexibility index (Phi) is 6.68. The van der Waals surface area contributed by atoms with Gasteiger partial charge in [0, 0.05) is 47.6 Å². The summed E-state index contributed by atoms with van der Waals surface area (Å²) in [5.74, 6) is 0.658. The Labute approximate surface area is 292 Å². The molecule has 10 aromatic rings. The highest BCUT2D eigenvalue weighted by Gasteiger charge is 2.15. The lowest BCUT2D eigenvalue weighted by Gasteiger charge is -2.11. The summed E-state index contributed by atoms with van der Waals surface area (Å²) in [6.07, 6.45) is 0. The van der Waals surface area contributed by atoms with Gasteiger partial charge >= 0.3 is 0 Å². The van der Waals surface area contributed by atoms with Crippen LogP contribution in [0.1, 0.15) is 0 Å². The molecule has 3 aromatic heterocycles. The first-order chi connectivity index (χ1) is 24.7. The molecule has 0 radical (unpaired) electrons. The van der Waals surface area contributed by atoms with Gasteiger partial charge in [-0.3, -0.25) is 0 Å². The fourth-order valence-electron chi connectivity index (χ4n) is 7.00. The summed E-state index contributed by atoms with van der Waals surface area (Å²) in [5, 5.41) is 4.80. The molecule has 10 rings (SSSR count). The average Bonchev–Trinajstić information content (AvgIpc) is 3.76. The Morgan fingerprint density at radius 3 is 1.74 bits per heavy atom. The van der Waals surface area contributed by atoms with Gasteiger partial charge in [0.15, 0.2) is 5.82 Å². The van der Waals surface area contributed by atoms with Crippen molar-refractivity contribution in [2.75, 3.05) is 0 Å². The fourth-order valence-corrected chi connectivity index (χ4v) is 8.23. The van der Waals surface area contributed by atoms with E-state index in [2.05, 4.69) is 146 Å². The number of furan rings is 1. The highest BCUT2D eigenvalue weighted by atomic mass is 32.1. The first kappa shape index (κ1) is 28.6. The van der Waals surface area contributed by atoms with Crippen molar-refractivity contribution in [3.63, 3.8) is 0 Å². The summed E-state index contributed by atoms with van der Waals surface area (Å²) >= 11 is 1.86. The summed E-state index contributed by atoms with van der Waals surface area (Å²) in [6.45, 7) is 0. The van der Waals surface area contributed by atoms with Gasteiger partial charge < -0.3 is 4.42 Å². The zero-order chi connectivity index (χ0) is 33.0. The van der Waals surface area contributed by atoms with Gasteiger partial charge in [-0.2, -0.15) is 0 Å². The average molecular weight is 657 g/mol. The SMILES string of the molecule is c1ccc(-c2ccc(-c3cc(-c4ccc(-c5cccc6c5sc5ccccc56)cc4)nc(-c4ccc5c(c4)oc4ccccc45)n3)cc2)cc1. The molecule has 0 spiro atoms. The second-order valence-electron chi connectivity index (χ2n) is 12.6. The molecular formula is C46H28N2OS. The Balaban J connectivity index is 1.08. The van der Waals surface area contributed by atoms with Crippen molar-refractivity contribution < 1.29 is 4.42 Å². The molecule has 0 atom stereocenters. The molecule has 0 saturated carbocycles. The number of rotatable bonds is 5. The number of hydrogen-bond acceptors (Lipinski definition) is 4. The van der Waals surface area contributed by atoms with E-state index in [9.17, 15) is 0 Å². The van der Waals surface area contributed by atoms with Gasteiger partial charge in [-0.15, -0.1) is 11.3 Å². The molecule has 0 aliphatic carbocycles. The Hall–Kier alpha value is -6.36. The van der Waals surface area contributed by atoms with Crippen LogP contribution in [0, 0.1) is 0 Å². The van der Waals surface area contributed by atoms with Crippen molar-refractivity contribution in [2.45, 2.75) is 0 Å². The van der Waals surface area contributed by atoms with E-state index in [1.807, 2.05) is 35.6 Å². The van der Waals surface area contributed by atoms with E-state index in [4.69, 9.17) is 14.4 Å². The van der Waals surface area contributed by atoms with Crippen LogP contribution in [-0.2, 0) is 0 Å². The van der Waals surface area contributed by atoms with Gasteiger partial charge in [0.2, 0.25) is 0 Å². The van der Waals surface area contributed by atoms with E-state index in [1.54, 1.807) is 0 Å². The summed E-state index contributed by atoms with van der Waals surface area (Å²) in [6, 6.07) is 59.6. The predicted molar refractivity (Wildman–Crippen MR) is 209 cm³/mol. The number of benzene rings is 7. The molecule has 0 aliphatic rings. The van der Waals surface area contributed by atoms with Crippen LogP contribution >= 0.6 is 11.3 Å². The number of fused-ring (bicyclic) bond motifs is 6. The highest BCUT2D eigenvalue weighted by Crippen LogP contribution is 2.40. The van der Waals surface area contributed by atoms with Crippen LogP contribution in [-0.4, -0.2) is 9.97 Å². The zero-order valence-corrected chi connectivity index (χ0v) is 27.7. The molecule has 0 saturated heterocycles. The summed E-state index contributed by atoms with van der Waals surface area (Å²) in [5.41, 5.74) is 11.2. The largest absolute Gasteiger partial charge is 0.456 e. The number of nitrogens with zero attached hydrogens (tertiary/aromatic N) is 2. The van der Waals surface area contributed by atoms with Crippen LogP contribution in [0.5, 0.6) is 0 Å². The Morgan fingerprint density at radius 2 is 0.960 bits per heavy atom. The summed E-state index contributed by atoms with van der Waals surface area (Å²) in [4.78, 5) is 10.3. The highest BCUT2D eigenvalue weighted by molar-refractivity contribution is 7.26. The van der Waals surface area contributed by atoms with E-state index in [-0.39, 0.29) is 0 Å². The molecule has 0 bridgehead atoms. The van der Waals surface area contributed by atoms with Crippen LogP contribution < -0.4 is 0 Å². The molecule has 0 fully saturated rings. The van der Waals surface area contributed by atoms with Gasteiger partial charge in [0.05, 0.1) is 11.4 Å². The molecular weight excluding hydrogens is 629 g/mol. The van der Waals surface area contributed by atoms with Gasteiger partial charge in [-0.25, -0.2) is 9.97 Å². The third kappa shape index (κ3) is 4.89. The minimum absolute atomic E-state index is 0.658.